The van der Waals surface area contributed by atoms with Crippen LogP contribution in [0.1, 0.15) is 111 Å². The van der Waals surface area contributed by atoms with Crippen LogP contribution in [-0.2, 0) is 9.53 Å². The zero-order valence-electron chi connectivity index (χ0n) is 15.7. The first kappa shape index (κ1) is 23.2. The Labute approximate surface area is 158 Å². The largest absolute Gasteiger partial charge is 0.452 e. The van der Waals surface area contributed by atoms with Crippen LogP contribution in [-0.4, -0.2) is 10.1 Å². The number of rotatable bonds is 16. The smallest absolute Gasteiger partial charge is 0.309 e. The van der Waals surface area contributed by atoms with E-state index in [1.54, 1.807) is 0 Å². The summed E-state index contributed by atoms with van der Waals surface area (Å²) in [5, 5.41) is 0. The molecule has 0 rings (SSSR count). The zero-order chi connectivity index (χ0) is 17.3. The summed E-state index contributed by atoms with van der Waals surface area (Å²) in [6, 6.07) is 0. The Morgan fingerprint density at radius 2 is 1.17 bits per heavy atom. The van der Waals surface area contributed by atoms with Crippen LogP contribution >= 0.6 is 22.6 Å². The fourth-order valence-electron chi connectivity index (χ4n) is 2.98. The number of alkyl halides is 1. The normalized spacial score (nSPS) is 12.6. The Balaban J connectivity index is 3.96. The topological polar surface area (TPSA) is 26.3 Å². The number of ether oxygens (including phenoxy) is 1. The van der Waals surface area contributed by atoms with Crippen LogP contribution in [0.15, 0.2) is 0 Å². The molecule has 0 aromatic carbocycles. The zero-order valence-corrected chi connectivity index (χ0v) is 17.9. The molecule has 0 bridgehead atoms. The van der Waals surface area contributed by atoms with Gasteiger partial charge in [-0.2, -0.15) is 0 Å². The molecule has 0 aliphatic heterocycles. The molecule has 0 amide bonds. The minimum Gasteiger partial charge on any atom is -0.452 e. The Bertz CT molecular complexity index is 250. The third-order valence-corrected chi connectivity index (χ3v) is 4.68. The average molecular weight is 438 g/mol. The lowest BCUT2D eigenvalue weighted by Gasteiger charge is -2.17. The summed E-state index contributed by atoms with van der Waals surface area (Å²) in [4.78, 5) is 12.3. The van der Waals surface area contributed by atoms with Gasteiger partial charge in [-0.3, -0.25) is 4.79 Å². The van der Waals surface area contributed by atoms with Crippen molar-refractivity contribution in [3.05, 3.63) is 0 Å². The maximum atomic E-state index is 12.3. The van der Waals surface area contributed by atoms with Crippen molar-refractivity contribution in [1.82, 2.24) is 0 Å². The third kappa shape index (κ3) is 15.5. The summed E-state index contributed by atoms with van der Waals surface area (Å²) < 4.78 is 5.43. The highest BCUT2D eigenvalue weighted by Crippen LogP contribution is 2.22. The monoisotopic (exact) mass is 438 g/mol. The van der Waals surface area contributed by atoms with Crippen molar-refractivity contribution in [1.29, 1.82) is 0 Å². The van der Waals surface area contributed by atoms with Gasteiger partial charge < -0.3 is 4.74 Å². The van der Waals surface area contributed by atoms with Gasteiger partial charge in [-0.25, -0.2) is 0 Å². The maximum absolute atomic E-state index is 12.3. The Kier molecular flexibility index (Phi) is 17.2. The molecule has 138 valence electrons. The van der Waals surface area contributed by atoms with E-state index in [1.165, 1.54) is 77.0 Å². The standard InChI is InChI=1S/C20H39IO2/c1-4-6-8-10-12-14-16-19(20(22)23-18(3)21)17-15-13-11-9-7-5-2/h18-19H,4-17H2,1-3H3. The van der Waals surface area contributed by atoms with Gasteiger partial charge in [0.2, 0.25) is 0 Å². The second kappa shape index (κ2) is 17.0. The SMILES string of the molecule is CCCCCCCCC(CCCCCCCC)C(=O)OC(C)I. The molecule has 1 unspecified atom stereocenters. The molecule has 23 heavy (non-hydrogen) atoms. The molecule has 0 spiro atoms. The van der Waals surface area contributed by atoms with Crippen LogP contribution < -0.4 is 0 Å². The first-order valence-corrected chi connectivity index (χ1v) is 11.2. The van der Waals surface area contributed by atoms with Crippen LogP contribution in [0.5, 0.6) is 0 Å². The molecule has 0 saturated carbocycles. The van der Waals surface area contributed by atoms with Crippen molar-refractivity contribution in [2.75, 3.05) is 0 Å². The molecule has 2 nitrogen and oxygen atoms in total. The summed E-state index contributed by atoms with van der Waals surface area (Å²) in [6.07, 6.45) is 17.5. The number of hydrogen-bond acceptors (Lipinski definition) is 2. The second-order valence-electron chi connectivity index (χ2n) is 6.79. The lowest BCUT2D eigenvalue weighted by molar-refractivity contribution is -0.149. The van der Waals surface area contributed by atoms with Crippen molar-refractivity contribution in [3.63, 3.8) is 0 Å². The predicted molar refractivity (Wildman–Crippen MR) is 109 cm³/mol. The molecule has 3 heteroatoms. The molecule has 0 aliphatic carbocycles. The summed E-state index contributed by atoms with van der Waals surface area (Å²) in [5.41, 5.74) is 0. The summed E-state index contributed by atoms with van der Waals surface area (Å²) >= 11 is 2.17. The molecule has 0 fully saturated rings. The number of halogens is 1. The van der Waals surface area contributed by atoms with E-state index in [0.29, 0.717) is 0 Å². The lowest BCUT2D eigenvalue weighted by Crippen LogP contribution is -2.20. The molecule has 0 saturated heterocycles. The van der Waals surface area contributed by atoms with Gasteiger partial charge in [-0.05, 0) is 42.4 Å². The van der Waals surface area contributed by atoms with E-state index >= 15 is 0 Å². The molecule has 0 aromatic rings. The molecular formula is C20H39IO2. The molecule has 0 aromatic heterocycles. The predicted octanol–water partition coefficient (Wildman–Crippen LogP) is 7.43. The van der Waals surface area contributed by atoms with E-state index in [-0.39, 0.29) is 16.0 Å². The van der Waals surface area contributed by atoms with Crippen molar-refractivity contribution in [2.45, 2.75) is 115 Å². The van der Waals surface area contributed by atoms with Crippen LogP contribution in [0.3, 0.4) is 0 Å². The first-order chi connectivity index (χ1) is 11.1. The van der Waals surface area contributed by atoms with Crippen LogP contribution in [0, 0.1) is 5.92 Å². The Morgan fingerprint density at radius 1 is 0.783 bits per heavy atom. The van der Waals surface area contributed by atoms with Gasteiger partial charge in [-0.15, -0.1) is 0 Å². The van der Waals surface area contributed by atoms with Gasteiger partial charge >= 0.3 is 5.97 Å². The first-order valence-electron chi connectivity index (χ1n) is 9.96. The van der Waals surface area contributed by atoms with E-state index in [2.05, 4.69) is 36.4 Å². The van der Waals surface area contributed by atoms with Gasteiger partial charge in [0.25, 0.3) is 0 Å². The van der Waals surface area contributed by atoms with E-state index in [9.17, 15) is 4.79 Å². The third-order valence-electron chi connectivity index (χ3n) is 4.42. The van der Waals surface area contributed by atoms with Gasteiger partial charge in [0.05, 0.1) is 5.92 Å². The van der Waals surface area contributed by atoms with Gasteiger partial charge in [-0.1, -0.05) is 90.9 Å². The van der Waals surface area contributed by atoms with E-state index in [1.807, 2.05) is 6.92 Å². The fourth-order valence-corrected chi connectivity index (χ4v) is 3.23. The number of esters is 1. The molecular weight excluding hydrogens is 399 g/mol. The van der Waals surface area contributed by atoms with E-state index in [4.69, 9.17) is 4.74 Å². The highest BCUT2D eigenvalue weighted by molar-refractivity contribution is 14.1. The Hall–Kier alpha value is 0.200. The minimum absolute atomic E-state index is 0.0169. The average Bonchev–Trinajstić information content (AvgIpc) is 2.51. The van der Waals surface area contributed by atoms with Gasteiger partial charge in [0.1, 0.15) is 4.11 Å². The summed E-state index contributed by atoms with van der Waals surface area (Å²) in [6.45, 7) is 6.43. The highest BCUT2D eigenvalue weighted by Gasteiger charge is 2.20. The quantitative estimate of drug-likeness (QED) is 0.108. The van der Waals surface area contributed by atoms with Crippen molar-refractivity contribution in [2.24, 2.45) is 5.92 Å². The fraction of sp³-hybridized carbons (Fsp3) is 0.950. The van der Waals surface area contributed by atoms with Crippen LogP contribution in [0.2, 0.25) is 0 Å². The second-order valence-corrected chi connectivity index (χ2v) is 8.54. The number of carbonyl (C=O) groups excluding carboxylic acids is 1. The molecule has 1 atom stereocenters. The van der Waals surface area contributed by atoms with Crippen molar-refractivity contribution < 1.29 is 9.53 Å². The van der Waals surface area contributed by atoms with E-state index in [0.717, 1.165) is 12.8 Å². The lowest BCUT2D eigenvalue weighted by atomic mass is 9.94. The van der Waals surface area contributed by atoms with Crippen LogP contribution in [0.25, 0.3) is 0 Å². The van der Waals surface area contributed by atoms with Gasteiger partial charge in [0.15, 0.2) is 0 Å². The molecule has 0 N–H and O–H groups in total. The number of carbonyl (C=O) groups is 1. The van der Waals surface area contributed by atoms with E-state index < -0.39 is 0 Å². The summed E-state index contributed by atoms with van der Waals surface area (Å²) in [5.74, 6) is 0.165. The molecule has 0 heterocycles. The van der Waals surface area contributed by atoms with Crippen molar-refractivity contribution in [3.8, 4) is 0 Å². The Morgan fingerprint density at radius 3 is 1.57 bits per heavy atom. The van der Waals surface area contributed by atoms with Crippen LogP contribution in [0.4, 0.5) is 0 Å². The number of hydrogen-bond donors (Lipinski definition) is 0. The van der Waals surface area contributed by atoms with Crippen molar-refractivity contribution >= 4 is 28.6 Å². The summed E-state index contributed by atoms with van der Waals surface area (Å²) in [7, 11) is 0. The molecule has 0 radical (unpaired) electrons. The highest BCUT2D eigenvalue weighted by atomic mass is 127. The minimum atomic E-state index is -0.0169. The maximum Gasteiger partial charge on any atom is 0.309 e. The van der Waals surface area contributed by atoms with Gasteiger partial charge in [0, 0.05) is 0 Å². The number of unbranched alkanes of at least 4 members (excludes halogenated alkanes) is 10. The molecule has 0 aliphatic rings.